The van der Waals surface area contributed by atoms with Crippen LogP contribution in [0.1, 0.15) is 181 Å². The van der Waals surface area contributed by atoms with Crippen molar-refractivity contribution in [3.8, 4) is 11.1 Å². The Labute approximate surface area is 481 Å². The van der Waals surface area contributed by atoms with E-state index in [1.54, 1.807) is 0 Å². The normalized spacial score (nSPS) is 17.3. The molecular weight excluding hydrogens is 966 g/mol. The number of para-hydroxylation sites is 2. The zero-order valence-electron chi connectivity index (χ0n) is 51.6. The van der Waals surface area contributed by atoms with Gasteiger partial charge in [0, 0.05) is 45.4 Å². The van der Waals surface area contributed by atoms with Gasteiger partial charge in [0.15, 0.2) is 0 Å². The Morgan fingerprint density at radius 3 is 1.44 bits per heavy atom. The van der Waals surface area contributed by atoms with E-state index in [4.69, 9.17) is 0 Å². The minimum atomic E-state index is -0.0815. The lowest BCUT2D eigenvalue weighted by molar-refractivity contribution is 0.332. The zero-order valence-corrected chi connectivity index (χ0v) is 51.6. The van der Waals surface area contributed by atoms with Crippen molar-refractivity contribution in [3.63, 3.8) is 0 Å². The molecule has 408 valence electrons. The van der Waals surface area contributed by atoms with Gasteiger partial charge in [-0.2, -0.15) is 0 Å². The molecule has 3 nitrogen and oxygen atoms in total. The van der Waals surface area contributed by atoms with Crippen molar-refractivity contribution in [2.75, 3.05) is 14.7 Å². The lowest BCUT2D eigenvalue weighted by Gasteiger charge is -2.48. The van der Waals surface area contributed by atoms with Gasteiger partial charge in [0.2, 0.25) is 0 Å². The maximum absolute atomic E-state index is 2.75. The summed E-state index contributed by atoms with van der Waals surface area (Å²) in [6.45, 7) is 43.3. The van der Waals surface area contributed by atoms with Gasteiger partial charge in [-0.1, -0.05) is 209 Å². The predicted octanol–water partition coefficient (Wildman–Crippen LogP) is 19.4. The molecule has 0 fully saturated rings. The first-order valence-electron chi connectivity index (χ1n) is 29.9. The molecule has 8 aromatic carbocycles. The van der Waals surface area contributed by atoms with Gasteiger partial charge in [-0.3, -0.25) is 0 Å². The molecular formula is C76H86BN3. The first kappa shape index (κ1) is 53.8. The largest absolute Gasteiger partial charge is 0.311 e. The molecule has 0 spiro atoms. The Bertz CT molecular complexity index is 3740. The highest BCUT2D eigenvalue weighted by Gasteiger charge is 2.48. The van der Waals surface area contributed by atoms with Crippen LogP contribution in [-0.4, -0.2) is 6.71 Å². The number of nitrogens with zero attached hydrogens (tertiary/aromatic N) is 3. The van der Waals surface area contributed by atoms with Crippen LogP contribution in [0.3, 0.4) is 0 Å². The Morgan fingerprint density at radius 2 is 0.863 bits per heavy atom. The maximum atomic E-state index is 2.75. The second-order valence-corrected chi connectivity index (χ2v) is 30.2. The van der Waals surface area contributed by atoms with Crippen LogP contribution in [0, 0.1) is 6.92 Å². The molecule has 0 amide bonds. The van der Waals surface area contributed by atoms with Crippen molar-refractivity contribution in [2.24, 2.45) is 0 Å². The van der Waals surface area contributed by atoms with Crippen molar-refractivity contribution in [2.45, 2.75) is 182 Å². The Morgan fingerprint density at radius 1 is 0.388 bits per heavy atom. The number of hydrogen-bond donors (Lipinski definition) is 0. The summed E-state index contributed by atoms with van der Waals surface area (Å²) in [5.41, 5.74) is 28.4. The van der Waals surface area contributed by atoms with Crippen LogP contribution in [0.25, 0.3) is 11.1 Å². The van der Waals surface area contributed by atoms with Crippen LogP contribution in [0.4, 0.5) is 51.2 Å². The van der Waals surface area contributed by atoms with E-state index in [9.17, 15) is 0 Å². The van der Waals surface area contributed by atoms with Gasteiger partial charge in [-0.15, -0.1) is 0 Å². The number of benzene rings is 8. The first-order valence-corrected chi connectivity index (χ1v) is 29.9. The summed E-state index contributed by atoms with van der Waals surface area (Å²) in [7, 11) is 0. The lowest BCUT2D eigenvalue weighted by Crippen LogP contribution is -2.62. The van der Waals surface area contributed by atoms with Gasteiger partial charge in [-0.25, -0.2) is 0 Å². The number of rotatable bonds is 6. The van der Waals surface area contributed by atoms with Gasteiger partial charge >= 0.3 is 0 Å². The minimum Gasteiger partial charge on any atom is -0.311 e. The highest BCUT2D eigenvalue weighted by Crippen LogP contribution is 2.56. The molecule has 0 atom stereocenters. The van der Waals surface area contributed by atoms with Crippen molar-refractivity contribution in [1.29, 1.82) is 0 Å². The van der Waals surface area contributed by atoms with Gasteiger partial charge in [-0.05, 0) is 197 Å². The molecule has 2 heterocycles. The standard InChI is InChI=1S/C76H86BN3/c1-48-29-31-51(71(5,6)7)41-64(48)80-65-42-52(72(8,9)10)32-35-61(65)77-62-45-59-60(74(13,14)38-37-73(59,11)12)46-66(62)79(67-43-55(44-68(80)69(67)77)78(53-25-21-19-22-26-53)54-27-23-20-24-28-54)63-36-33-50(70(2,3)4)40-56(63)49-30-34-57-58(39-49)76(17,18)47-75(57,15)16/h19-36,39-46H,37-38,47H2,1-18H3. The molecule has 0 N–H and O–H groups in total. The van der Waals surface area contributed by atoms with Crippen molar-refractivity contribution >= 4 is 74.3 Å². The third kappa shape index (κ3) is 8.76. The van der Waals surface area contributed by atoms with E-state index in [0.29, 0.717) is 0 Å². The Kier molecular flexibility index (Phi) is 12.2. The van der Waals surface area contributed by atoms with Gasteiger partial charge in [0.1, 0.15) is 0 Å². The van der Waals surface area contributed by atoms with Crippen LogP contribution in [0.5, 0.6) is 0 Å². The third-order valence-corrected chi connectivity index (χ3v) is 19.3. The van der Waals surface area contributed by atoms with Crippen molar-refractivity contribution in [1.82, 2.24) is 0 Å². The van der Waals surface area contributed by atoms with Crippen LogP contribution in [0.2, 0.25) is 0 Å². The summed E-state index contributed by atoms with van der Waals surface area (Å²) >= 11 is 0. The average molecular weight is 1050 g/mol. The minimum absolute atomic E-state index is 0.00179. The summed E-state index contributed by atoms with van der Waals surface area (Å²) in [6.07, 6.45) is 3.40. The molecule has 0 saturated heterocycles. The van der Waals surface area contributed by atoms with E-state index >= 15 is 0 Å². The van der Waals surface area contributed by atoms with Crippen LogP contribution in [-0.2, 0) is 37.9 Å². The van der Waals surface area contributed by atoms with Crippen LogP contribution < -0.4 is 31.1 Å². The van der Waals surface area contributed by atoms with Crippen LogP contribution >= 0.6 is 0 Å². The topological polar surface area (TPSA) is 9.72 Å². The molecule has 12 rings (SSSR count). The van der Waals surface area contributed by atoms with Gasteiger partial charge in [0.25, 0.3) is 6.71 Å². The number of aryl methyl sites for hydroxylation is 1. The summed E-state index contributed by atoms with van der Waals surface area (Å²) < 4.78 is 0. The number of hydrogen-bond acceptors (Lipinski definition) is 3. The molecule has 0 saturated carbocycles. The molecule has 8 aromatic rings. The molecule has 4 heteroatoms. The SMILES string of the molecule is Cc1ccc(C(C)(C)C)cc1N1c2cc(C(C)(C)C)ccc2B2c3cc4c(cc3N(c3ccc(C(C)(C)C)cc3-c3ccc5c(c3)C(C)(C)CC5(C)C)c3cc(N(c5ccccc5)c5ccccc5)cc1c32)C(C)(C)CCC4(C)C. The Balaban J connectivity index is 1.28. The first-order chi connectivity index (χ1) is 37.4. The second-order valence-electron chi connectivity index (χ2n) is 30.2. The molecule has 0 unspecified atom stereocenters. The van der Waals surface area contributed by atoms with Crippen molar-refractivity contribution < 1.29 is 0 Å². The van der Waals surface area contributed by atoms with Gasteiger partial charge in [0.05, 0.1) is 11.4 Å². The fourth-order valence-corrected chi connectivity index (χ4v) is 14.7. The number of fused-ring (bicyclic) bond motifs is 6. The molecule has 2 aliphatic heterocycles. The van der Waals surface area contributed by atoms with Gasteiger partial charge < -0.3 is 14.7 Å². The van der Waals surface area contributed by atoms with E-state index in [-0.39, 0.29) is 44.6 Å². The highest BCUT2D eigenvalue weighted by molar-refractivity contribution is 7.00. The summed E-state index contributed by atoms with van der Waals surface area (Å²) in [5.74, 6) is 0. The van der Waals surface area contributed by atoms with Crippen molar-refractivity contribution in [3.05, 3.63) is 202 Å². The quantitative estimate of drug-likeness (QED) is 0.154. The Hall–Kier alpha value is -6.78. The third-order valence-electron chi connectivity index (χ3n) is 19.3. The summed E-state index contributed by atoms with van der Waals surface area (Å²) in [4.78, 5) is 7.92. The summed E-state index contributed by atoms with van der Waals surface area (Å²) in [6, 6.07) is 62.3. The van der Waals surface area contributed by atoms with E-state index in [1.165, 1.54) is 106 Å². The fourth-order valence-electron chi connectivity index (χ4n) is 14.7. The fraction of sp³-hybridized carbons (Fsp3) is 0.368. The van der Waals surface area contributed by atoms with Crippen LogP contribution in [0.15, 0.2) is 158 Å². The van der Waals surface area contributed by atoms with E-state index in [2.05, 4.69) is 297 Å². The molecule has 80 heavy (non-hydrogen) atoms. The summed E-state index contributed by atoms with van der Waals surface area (Å²) in [5, 5.41) is 0. The highest BCUT2D eigenvalue weighted by atomic mass is 15.2. The molecule has 2 aliphatic carbocycles. The molecule has 0 radical (unpaired) electrons. The lowest BCUT2D eigenvalue weighted by atomic mass is 9.33. The second kappa shape index (κ2) is 18.1. The zero-order chi connectivity index (χ0) is 57.0. The molecule has 0 bridgehead atoms. The number of anilines is 9. The van der Waals surface area contributed by atoms with E-state index < -0.39 is 0 Å². The van der Waals surface area contributed by atoms with E-state index in [1.807, 2.05) is 0 Å². The predicted molar refractivity (Wildman–Crippen MR) is 347 cm³/mol. The maximum Gasteiger partial charge on any atom is 0.252 e. The smallest absolute Gasteiger partial charge is 0.252 e. The monoisotopic (exact) mass is 1050 g/mol. The molecule has 4 aliphatic rings. The molecule has 0 aromatic heterocycles. The van der Waals surface area contributed by atoms with E-state index in [0.717, 1.165) is 36.3 Å². The average Bonchev–Trinajstić information content (AvgIpc) is 3.74.